The molecule has 0 amide bonds. The van der Waals surface area contributed by atoms with Gasteiger partial charge in [-0.3, -0.25) is 4.98 Å². The van der Waals surface area contributed by atoms with Crippen molar-refractivity contribution in [3.8, 4) is 11.3 Å². The van der Waals surface area contributed by atoms with Gasteiger partial charge in [0.1, 0.15) is 0 Å². The predicted molar refractivity (Wildman–Crippen MR) is 105 cm³/mol. The minimum Gasteiger partial charge on any atom is -0.316 e. The molecule has 0 saturated heterocycles. The zero-order valence-corrected chi connectivity index (χ0v) is 14.3. The van der Waals surface area contributed by atoms with Crippen LogP contribution >= 0.6 is 0 Å². The van der Waals surface area contributed by atoms with Crippen molar-refractivity contribution in [2.24, 2.45) is 0 Å². The second kappa shape index (κ2) is 5.18. The molecular weight excluding hydrogens is 304 g/mol. The molecule has 3 heterocycles. The number of nitrogens with zero attached hydrogens (tertiary/aromatic N) is 2. The van der Waals surface area contributed by atoms with Gasteiger partial charge in [-0.2, -0.15) is 0 Å². The van der Waals surface area contributed by atoms with Crippen molar-refractivity contribution in [2.45, 2.75) is 13.8 Å². The topological polar surface area (TPSA) is 17.3 Å². The van der Waals surface area contributed by atoms with Crippen LogP contribution in [0.3, 0.4) is 0 Å². The molecule has 0 unspecified atom stereocenters. The van der Waals surface area contributed by atoms with E-state index >= 15 is 0 Å². The fourth-order valence-electron chi connectivity index (χ4n) is 3.56. The first-order valence-corrected chi connectivity index (χ1v) is 8.57. The van der Waals surface area contributed by atoms with E-state index in [2.05, 4.69) is 90.1 Å². The van der Waals surface area contributed by atoms with Crippen LogP contribution in [0.5, 0.6) is 0 Å². The van der Waals surface area contributed by atoms with Crippen molar-refractivity contribution in [3.63, 3.8) is 0 Å². The molecule has 2 aromatic carbocycles. The first kappa shape index (κ1) is 14.2. The van der Waals surface area contributed by atoms with E-state index in [-0.39, 0.29) is 0 Å². The molecule has 120 valence electrons. The minimum atomic E-state index is 1.03. The Balaban J connectivity index is 1.82. The van der Waals surface area contributed by atoms with Gasteiger partial charge in [0.25, 0.3) is 0 Å². The molecule has 3 aromatic heterocycles. The lowest BCUT2D eigenvalue weighted by Crippen LogP contribution is -1.90. The fraction of sp³-hybridized carbons (Fsp3) is 0.0870. The number of rotatable bonds is 1. The van der Waals surface area contributed by atoms with E-state index < -0.39 is 0 Å². The SMILES string of the molecule is Cc1cnc(-c2ccc3ccn4c5ccccc5cc4c3c2)cc1C. The van der Waals surface area contributed by atoms with Crippen LogP contribution in [0.25, 0.3) is 38.4 Å². The van der Waals surface area contributed by atoms with E-state index in [1.807, 2.05) is 6.20 Å². The summed E-state index contributed by atoms with van der Waals surface area (Å²) >= 11 is 0. The van der Waals surface area contributed by atoms with Gasteiger partial charge in [0.2, 0.25) is 0 Å². The molecule has 0 fully saturated rings. The highest BCUT2D eigenvalue weighted by Gasteiger charge is 2.08. The van der Waals surface area contributed by atoms with Crippen LogP contribution in [0.4, 0.5) is 0 Å². The fourth-order valence-corrected chi connectivity index (χ4v) is 3.56. The number of hydrogen-bond donors (Lipinski definition) is 0. The van der Waals surface area contributed by atoms with Crippen molar-refractivity contribution in [2.75, 3.05) is 0 Å². The Morgan fingerprint density at radius 3 is 2.52 bits per heavy atom. The van der Waals surface area contributed by atoms with Crippen LogP contribution in [-0.2, 0) is 0 Å². The largest absolute Gasteiger partial charge is 0.316 e. The summed E-state index contributed by atoms with van der Waals surface area (Å²) in [7, 11) is 0. The van der Waals surface area contributed by atoms with E-state index in [4.69, 9.17) is 0 Å². The summed E-state index contributed by atoms with van der Waals surface area (Å²) in [5.41, 5.74) is 7.18. The van der Waals surface area contributed by atoms with Gasteiger partial charge < -0.3 is 4.40 Å². The summed E-state index contributed by atoms with van der Waals surface area (Å²) in [5.74, 6) is 0. The molecule has 25 heavy (non-hydrogen) atoms. The lowest BCUT2D eigenvalue weighted by atomic mass is 10.0. The molecule has 5 aromatic rings. The summed E-state index contributed by atoms with van der Waals surface area (Å²) < 4.78 is 2.27. The van der Waals surface area contributed by atoms with Crippen molar-refractivity contribution < 1.29 is 0 Å². The molecule has 0 spiro atoms. The first-order chi connectivity index (χ1) is 12.2. The maximum atomic E-state index is 4.63. The zero-order chi connectivity index (χ0) is 17.0. The monoisotopic (exact) mass is 322 g/mol. The third-order valence-electron chi connectivity index (χ3n) is 5.15. The van der Waals surface area contributed by atoms with E-state index in [0.29, 0.717) is 0 Å². The molecule has 0 aliphatic carbocycles. The van der Waals surface area contributed by atoms with Crippen molar-refractivity contribution in [3.05, 3.63) is 84.2 Å². The maximum absolute atomic E-state index is 4.63. The summed E-state index contributed by atoms with van der Waals surface area (Å²) in [5, 5.41) is 3.78. The van der Waals surface area contributed by atoms with Gasteiger partial charge in [0, 0.05) is 28.7 Å². The van der Waals surface area contributed by atoms with Gasteiger partial charge in [-0.15, -0.1) is 0 Å². The van der Waals surface area contributed by atoms with Crippen molar-refractivity contribution in [1.82, 2.24) is 9.38 Å². The van der Waals surface area contributed by atoms with E-state index in [9.17, 15) is 0 Å². The van der Waals surface area contributed by atoms with Crippen LogP contribution in [0, 0.1) is 13.8 Å². The molecule has 0 atom stereocenters. The van der Waals surface area contributed by atoms with Crippen molar-refractivity contribution in [1.29, 1.82) is 0 Å². The van der Waals surface area contributed by atoms with Crippen LogP contribution in [-0.4, -0.2) is 9.38 Å². The van der Waals surface area contributed by atoms with Gasteiger partial charge in [0.05, 0.1) is 16.7 Å². The molecule has 0 saturated carbocycles. The Labute approximate surface area is 146 Å². The lowest BCUT2D eigenvalue weighted by molar-refractivity contribution is 1.22. The zero-order valence-electron chi connectivity index (χ0n) is 14.3. The number of aromatic nitrogens is 2. The summed E-state index contributed by atoms with van der Waals surface area (Å²) in [6.07, 6.45) is 4.12. The quantitative estimate of drug-likeness (QED) is 0.374. The number of fused-ring (bicyclic) bond motifs is 5. The molecule has 0 N–H and O–H groups in total. The third kappa shape index (κ3) is 2.14. The number of para-hydroxylation sites is 1. The first-order valence-electron chi connectivity index (χ1n) is 8.57. The summed E-state index contributed by atoms with van der Waals surface area (Å²) in [6, 6.07) is 21.8. The van der Waals surface area contributed by atoms with Gasteiger partial charge in [-0.1, -0.05) is 30.3 Å². The Morgan fingerprint density at radius 1 is 0.760 bits per heavy atom. The Kier molecular flexibility index (Phi) is 2.95. The Bertz CT molecular complexity index is 1260. The molecule has 2 nitrogen and oxygen atoms in total. The Hall–Kier alpha value is -3.13. The average Bonchev–Trinajstić information content (AvgIpc) is 3.03. The highest BCUT2D eigenvalue weighted by molar-refractivity contribution is 6.03. The predicted octanol–water partition coefficient (Wildman–Crippen LogP) is 5.92. The average molecular weight is 322 g/mol. The van der Waals surface area contributed by atoms with Gasteiger partial charge >= 0.3 is 0 Å². The normalized spacial score (nSPS) is 11.6. The number of aryl methyl sites for hydroxylation is 2. The minimum absolute atomic E-state index is 1.03. The third-order valence-corrected chi connectivity index (χ3v) is 5.15. The lowest BCUT2D eigenvalue weighted by Gasteiger charge is -2.08. The van der Waals surface area contributed by atoms with E-state index in [0.717, 1.165) is 11.3 Å². The van der Waals surface area contributed by atoms with Crippen molar-refractivity contribution >= 4 is 27.2 Å². The molecular formula is C23H18N2. The van der Waals surface area contributed by atoms with Gasteiger partial charge in [-0.05, 0) is 60.7 Å². The molecule has 5 rings (SSSR count). The smallest absolute Gasteiger partial charge is 0.0705 e. The summed E-state index contributed by atoms with van der Waals surface area (Å²) in [4.78, 5) is 4.63. The van der Waals surface area contributed by atoms with Crippen LogP contribution < -0.4 is 0 Å². The van der Waals surface area contributed by atoms with Gasteiger partial charge in [-0.25, -0.2) is 0 Å². The molecule has 2 heteroatoms. The number of benzene rings is 2. The molecule has 0 bridgehead atoms. The van der Waals surface area contributed by atoms with E-state index in [1.165, 1.54) is 38.3 Å². The number of hydrogen-bond acceptors (Lipinski definition) is 1. The molecule has 0 aliphatic heterocycles. The van der Waals surface area contributed by atoms with Gasteiger partial charge in [0.15, 0.2) is 0 Å². The molecule has 0 aliphatic rings. The van der Waals surface area contributed by atoms with Crippen LogP contribution in [0.2, 0.25) is 0 Å². The second-order valence-corrected chi connectivity index (χ2v) is 6.73. The van der Waals surface area contributed by atoms with E-state index in [1.54, 1.807) is 0 Å². The standard InChI is InChI=1S/C23H18N2/c1-15-11-21(24-14-16(15)2)18-8-7-17-9-10-25-22-6-4-3-5-19(22)13-23(25)20(17)12-18/h3-14H,1-2H3. The van der Waals surface area contributed by atoms with Crippen LogP contribution in [0.15, 0.2) is 73.1 Å². The second-order valence-electron chi connectivity index (χ2n) is 6.73. The highest BCUT2D eigenvalue weighted by atomic mass is 14.9. The number of pyridine rings is 2. The summed E-state index contributed by atoms with van der Waals surface area (Å²) in [6.45, 7) is 4.24. The Morgan fingerprint density at radius 2 is 1.64 bits per heavy atom. The maximum Gasteiger partial charge on any atom is 0.0705 e. The van der Waals surface area contributed by atoms with Crippen LogP contribution in [0.1, 0.15) is 11.1 Å². The highest BCUT2D eigenvalue weighted by Crippen LogP contribution is 2.30. The molecule has 0 radical (unpaired) electrons.